The Morgan fingerprint density at radius 2 is 2.17 bits per heavy atom. The maximum Gasteiger partial charge on any atom is 0.249 e. The van der Waals surface area contributed by atoms with E-state index in [1.54, 1.807) is 0 Å². The third-order valence-electron chi connectivity index (χ3n) is 0.215. The Balaban J connectivity index is 3.26. The third-order valence-corrected chi connectivity index (χ3v) is 1.000. The minimum Gasteiger partial charge on any atom is -0.293 e. The predicted octanol–water partition coefficient (Wildman–Crippen LogP) is 0.209. The average Bonchev–Trinajstić information content (AvgIpc) is 1.36. The van der Waals surface area contributed by atoms with Gasteiger partial charge in [-0.25, -0.2) is 4.21 Å². The van der Waals surface area contributed by atoms with E-state index < -0.39 is 11.3 Å². The summed E-state index contributed by atoms with van der Waals surface area (Å²) in [7, 11) is 1.29. The van der Waals surface area contributed by atoms with Crippen LogP contribution in [0.3, 0.4) is 0 Å². The van der Waals surface area contributed by atoms with Crippen LogP contribution in [0.25, 0.3) is 0 Å². The van der Waals surface area contributed by atoms with E-state index in [9.17, 15) is 4.21 Å². The number of halogens is 1. The number of rotatable bonds is 1. The molecule has 1 unspecified atom stereocenters. The number of hydrogen-bond donors (Lipinski definition) is 1. The summed E-state index contributed by atoms with van der Waals surface area (Å²) in [5.74, 6) is 0. The van der Waals surface area contributed by atoms with Gasteiger partial charge in [-0.2, -0.15) is 0 Å². The third kappa shape index (κ3) is 2.59. The minimum atomic E-state index is -2.02. The van der Waals surface area contributed by atoms with Crippen LogP contribution in [0.5, 0.6) is 0 Å². The smallest absolute Gasteiger partial charge is 0.249 e. The van der Waals surface area contributed by atoms with E-state index >= 15 is 0 Å². The van der Waals surface area contributed by atoms with Gasteiger partial charge in [0.05, 0.1) is 0 Å². The lowest BCUT2D eigenvalue weighted by Gasteiger charge is -1.93. The molecule has 0 radical (unpaired) electrons. The summed E-state index contributed by atoms with van der Waals surface area (Å²) >= 11 is 2.88. The van der Waals surface area contributed by atoms with Gasteiger partial charge in [-0.15, -0.1) is 3.82 Å². The van der Waals surface area contributed by atoms with Crippen molar-refractivity contribution in [3.8, 4) is 0 Å². The van der Waals surface area contributed by atoms with Gasteiger partial charge in [0, 0.05) is 7.05 Å². The average molecular weight is 130 g/mol. The van der Waals surface area contributed by atoms with E-state index in [0.29, 0.717) is 3.82 Å². The van der Waals surface area contributed by atoms with Crippen molar-refractivity contribution >= 4 is 23.0 Å². The second-order valence-corrected chi connectivity index (χ2v) is 2.37. The monoisotopic (exact) mass is 129 g/mol. The molecule has 0 amide bonds. The molecule has 6 heavy (non-hydrogen) atoms. The van der Waals surface area contributed by atoms with Crippen molar-refractivity contribution < 1.29 is 8.76 Å². The minimum absolute atomic E-state index is 0.667. The predicted molar refractivity (Wildman–Crippen MR) is 24.4 cm³/mol. The van der Waals surface area contributed by atoms with Crippen molar-refractivity contribution in [2.75, 3.05) is 7.05 Å². The fourth-order valence-corrected chi connectivity index (χ4v) is 0. The van der Waals surface area contributed by atoms with Crippen LogP contribution in [0.15, 0.2) is 0 Å². The van der Waals surface area contributed by atoms with Gasteiger partial charge in [-0.1, -0.05) is 0 Å². The van der Waals surface area contributed by atoms with Gasteiger partial charge >= 0.3 is 0 Å². The van der Waals surface area contributed by atoms with Crippen LogP contribution in [-0.4, -0.2) is 19.6 Å². The Kier molecular flexibility index (Phi) is 2.67. The van der Waals surface area contributed by atoms with E-state index in [1.165, 1.54) is 7.05 Å². The van der Waals surface area contributed by atoms with E-state index in [1.807, 2.05) is 0 Å². The van der Waals surface area contributed by atoms with Crippen LogP contribution in [0.2, 0.25) is 0 Å². The Hall–Kier alpha value is 0.360. The van der Waals surface area contributed by atoms with Gasteiger partial charge in [0.25, 0.3) is 0 Å². The second-order valence-electron chi connectivity index (χ2n) is 0.651. The maximum atomic E-state index is 9.60. The highest BCUT2D eigenvalue weighted by Crippen LogP contribution is 1.87. The summed E-state index contributed by atoms with van der Waals surface area (Å²) in [5, 5.41) is 0. The molecule has 3 nitrogen and oxygen atoms in total. The summed E-state index contributed by atoms with van der Waals surface area (Å²) in [4.78, 5) is 0. The van der Waals surface area contributed by atoms with Gasteiger partial charge in [0.2, 0.25) is 11.3 Å². The first-order valence-corrected chi connectivity index (χ1v) is 2.55. The molecule has 0 rings (SSSR count). The Labute approximate surface area is 43.4 Å². The van der Waals surface area contributed by atoms with Crippen molar-refractivity contribution in [1.29, 1.82) is 0 Å². The van der Waals surface area contributed by atoms with E-state index in [4.69, 9.17) is 16.3 Å². The SMILES string of the molecule is CN(Cl)S(=O)O. The van der Waals surface area contributed by atoms with Crippen molar-refractivity contribution in [3.63, 3.8) is 0 Å². The highest BCUT2D eigenvalue weighted by molar-refractivity contribution is 7.77. The first-order chi connectivity index (χ1) is 2.64. The molecule has 1 N–H and O–H groups in total. The Bertz CT molecular complexity index is 64.6. The molecule has 0 heterocycles. The quantitative estimate of drug-likeness (QED) is 0.406. The zero-order valence-corrected chi connectivity index (χ0v) is 4.66. The Morgan fingerprint density at radius 3 is 2.17 bits per heavy atom. The normalized spacial score (nSPS) is 15.3. The molecule has 38 valence electrons. The summed E-state index contributed by atoms with van der Waals surface area (Å²) in [5.41, 5.74) is 0. The van der Waals surface area contributed by atoms with Gasteiger partial charge < -0.3 is 0 Å². The summed E-state index contributed by atoms with van der Waals surface area (Å²) < 4.78 is 18.2. The zero-order valence-electron chi connectivity index (χ0n) is 3.09. The maximum absolute atomic E-state index is 9.60. The van der Waals surface area contributed by atoms with Crippen molar-refractivity contribution in [3.05, 3.63) is 0 Å². The molecular formula is CH4ClNO2S. The highest BCUT2D eigenvalue weighted by Gasteiger charge is 1.93. The first kappa shape index (κ1) is 6.36. The van der Waals surface area contributed by atoms with Gasteiger partial charge in [0.15, 0.2) is 0 Å². The highest BCUT2D eigenvalue weighted by atomic mass is 35.5. The summed E-state index contributed by atoms with van der Waals surface area (Å²) in [6.07, 6.45) is 0. The molecule has 0 fully saturated rings. The molecule has 1 atom stereocenters. The van der Waals surface area contributed by atoms with Crippen LogP contribution >= 0.6 is 11.8 Å². The largest absolute Gasteiger partial charge is 0.293 e. The van der Waals surface area contributed by atoms with Crippen molar-refractivity contribution in [2.24, 2.45) is 0 Å². The summed E-state index contributed by atoms with van der Waals surface area (Å²) in [6, 6.07) is 0. The van der Waals surface area contributed by atoms with Crippen LogP contribution in [0, 0.1) is 0 Å². The molecule has 0 spiro atoms. The molecule has 0 aromatic rings. The molecule has 0 aromatic carbocycles. The van der Waals surface area contributed by atoms with Crippen LogP contribution in [0.1, 0.15) is 0 Å². The lowest BCUT2D eigenvalue weighted by atomic mass is 11.6. The lowest BCUT2D eigenvalue weighted by molar-refractivity contribution is 0.528. The molecule has 0 aliphatic rings. The van der Waals surface area contributed by atoms with E-state index in [-0.39, 0.29) is 0 Å². The number of nitrogens with zero attached hydrogens (tertiary/aromatic N) is 1. The molecule has 0 bridgehead atoms. The molecule has 0 aliphatic carbocycles. The van der Waals surface area contributed by atoms with Crippen LogP contribution in [0.4, 0.5) is 0 Å². The number of hydrogen-bond acceptors (Lipinski definition) is 1. The molecular weight excluding hydrogens is 126 g/mol. The van der Waals surface area contributed by atoms with Crippen LogP contribution in [-0.2, 0) is 11.3 Å². The lowest BCUT2D eigenvalue weighted by Crippen LogP contribution is -2.06. The van der Waals surface area contributed by atoms with E-state index in [2.05, 4.69) is 0 Å². The molecule has 0 saturated heterocycles. The first-order valence-electron chi connectivity index (χ1n) is 1.15. The topological polar surface area (TPSA) is 40.5 Å². The standard InChI is InChI=1S/CH4ClNO2S/c1-3(2)6(4)5/h1H3,(H,4,5). The van der Waals surface area contributed by atoms with Gasteiger partial charge in [-0.3, -0.25) is 4.55 Å². The Morgan fingerprint density at radius 1 is 2.00 bits per heavy atom. The van der Waals surface area contributed by atoms with Crippen LogP contribution < -0.4 is 0 Å². The molecule has 0 aliphatic heterocycles. The van der Waals surface area contributed by atoms with Crippen molar-refractivity contribution in [1.82, 2.24) is 3.82 Å². The fourth-order valence-electron chi connectivity index (χ4n) is 0. The fraction of sp³-hybridized carbons (Fsp3) is 1.00. The van der Waals surface area contributed by atoms with Gasteiger partial charge in [-0.05, 0) is 11.8 Å². The molecule has 5 heteroatoms. The zero-order chi connectivity index (χ0) is 5.15. The summed E-state index contributed by atoms with van der Waals surface area (Å²) in [6.45, 7) is 0. The van der Waals surface area contributed by atoms with Gasteiger partial charge in [0.1, 0.15) is 0 Å². The second kappa shape index (κ2) is 2.52. The molecule has 0 aromatic heterocycles. The molecule has 0 saturated carbocycles. The van der Waals surface area contributed by atoms with Crippen molar-refractivity contribution in [2.45, 2.75) is 0 Å². The van der Waals surface area contributed by atoms with E-state index in [0.717, 1.165) is 0 Å².